The number of hydrogen-bond donors (Lipinski definition) is 1. The summed E-state index contributed by atoms with van der Waals surface area (Å²) in [5.41, 5.74) is 2.96. The van der Waals surface area contributed by atoms with E-state index < -0.39 is 0 Å². The number of furan rings is 1. The average Bonchev–Trinajstić information content (AvgIpc) is 3.32. The zero-order valence-corrected chi connectivity index (χ0v) is 19.6. The van der Waals surface area contributed by atoms with Crippen LogP contribution < -0.4 is 10.1 Å². The van der Waals surface area contributed by atoms with Crippen molar-refractivity contribution in [3.63, 3.8) is 0 Å². The summed E-state index contributed by atoms with van der Waals surface area (Å²) in [7, 11) is 0. The Bertz CT molecular complexity index is 1370. The van der Waals surface area contributed by atoms with Gasteiger partial charge in [-0.1, -0.05) is 54.1 Å². The molecule has 0 unspecified atom stereocenters. The monoisotopic (exact) mass is 486 g/mol. The van der Waals surface area contributed by atoms with E-state index in [2.05, 4.69) is 5.32 Å². The highest BCUT2D eigenvalue weighted by Crippen LogP contribution is 2.31. The molecule has 0 atom stereocenters. The number of fused-ring (bicyclic) bond motifs is 1. The molecule has 0 saturated heterocycles. The van der Waals surface area contributed by atoms with Crippen molar-refractivity contribution in [2.24, 2.45) is 0 Å². The van der Waals surface area contributed by atoms with Crippen molar-refractivity contribution >= 4 is 29.1 Å². The van der Waals surface area contributed by atoms with E-state index in [-0.39, 0.29) is 18.4 Å². The summed E-state index contributed by atoms with van der Waals surface area (Å²) in [4.78, 5) is 27.1. The highest BCUT2D eigenvalue weighted by atomic mass is 35.5. The Balaban J connectivity index is 1.26. The standard InChI is InChI=1S/C28H23ClN2O4/c29-24-12-5-4-11-23(24)28(33)31-14-13-25-20(17-31)16-26(35-25)19-7-6-8-21(15-19)30-27(32)18-34-22-9-2-1-3-10-22/h1-12,15-16H,13-14,17-18H2,(H,30,32). The summed E-state index contributed by atoms with van der Waals surface area (Å²) in [6, 6.07) is 25.7. The van der Waals surface area contributed by atoms with E-state index in [1.165, 1.54) is 0 Å². The Morgan fingerprint density at radius 3 is 2.60 bits per heavy atom. The molecule has 0 aliphatic carbocycles. The Morgan fingerprint density at radius 1 is 0.971 bits per heavy atom. The number of halogens is 1. The lowest BCUT2D eigenvalue weighted by molar-refractivity contribution is -0.118. The van der Waals surface area contributed by atoms with Crippen LogP contribution in [0.3, 0.4) is 0 Å². The number of carbonyl (C=O) groups excluding carboxylic acids is 2. The van der Waals surface area contributed by atoms with Crippen LogP contribution >= 0.6 is 11.6 Å². The van der Waals surface area contributed by atoms with Crippen molar-refractivity contribution in [1.82, 2.24) is 4.90 Å². The first-order valence-electron chi connectivity index (χ1n) is 11.3. The zero-order chi connectivity index (χ0) is 24.2. The molecule has 2 amide bonds. The minimum atomic E-state index is -0.251. The summed E-state index contributed by atoms with van der Waals surface area (Å²) >= 11 is 6.22. The molecule has 7 heteroatoms. The highest BCUT2D eigenvalue weighted by molar-refractivity contribution is 6.33. The highest BCUT2D eigenvalue weighted by Gasteiger charge is 2.26. The van der Waals surface area contributed by atoms with E-state index >= 15 is 0 Å². The third kappa shape index (κ3) is 5.23. The first-order chi connectivity index (χ1) is 17.1. The maximum atomic E-state index is 13.0. The van der Waals surface area contributed by atoms with Gasteiger partial charge in [0.05, 0.1) is 10.6 Å². The van der Waals surface area contributed by atoms with Gasteiger partial charge in [-0.3, -0.25) is 9.59 Å². The lowest BCUT2D eigenvalue weighted by Gasteiger charge is -2.26. The van der Waals surface area contributed by atoms with Crippen LogP contribution in [-0.2, 0) is 17.8 Å². The van der Waals surface area contributed by atoms with Gasteiger partial charge in [-0.15, -0.1) is 0 Å². The number of para-hydroxylation sites is 1. The normalized spacial score (nSPS) is 12.7. The van der Waals surface area contributed by atoms with Crippen LogP contribution in [0.5, 0.6) is 5.75 Å². The SMILES string of the molecule is O=C(COc1ccccc1)Nc1cccc(-c2cc3c(o2)CCN(C(=O)c2ccccc2Cl)C3)c1. The molecule has 0 saturated carbocycles. The smallest absolute Gasteiger partial charge is 0.262 e. The van der Waals surface area contributed by atoms with Crippen molar-refractivity contribution in [3.05, 3.63) is 107 Å². The molecule has 176 valence electrons. The number of nitrogens with zero attached hydrogens (tertiary/aromatic N) is 1. The van der Waals surface area contributed by atoms with Gasteiger partial charge in [-0.25, -0.2) is 0 Å². The van der Waals surface area contributed by atoms with E-state index in [9.17, 15) is 9.59 Å². The van der Waals surface area contributed by atoms with Gasteiger partial charge in [-0.2, -0.15) is 0 Å². The largest absolute Gasteiger partial charge is 0.484 e. The van der Waals surface area contributed by atoms with Crippen molar-refractivity contribution in [3.8, 4) is 17.1 Å². The average molecular weight is 487 g/mol. The van der Waals surface area contributed by atoms with Crippen LogP contribution in [0.25, 0.3) is 11.3 Å². The lowest BCUT2D eigenvalue weighted by Crippen LogP contribution is -2.35. The van der Waals surface area contributed by atoms with Gasteiger partial charge in [0.25, 0.3) is 11.8 Å². The van der Waals surface area contributed by atoms with Crippen molar-refractivity contribution in [2.45, 2.75) is 13.0 Å². The summed E-state index contributed by atoms with van der Waals surface area (Å²) in [6.07, 6.45) is 0.624. The number of amides is 2. The molecule has 5 rings (SSSR count). The van der Waals surface area contributed by atoms with Crippen molar-refractivity contribution in [2.75, 3.05) is 18.5 Å². The number of anilines is 1. The topological polar surface area (TPSA) is 71.8 Å². The van der Waals surface area contributed by atoms with Crippen LogP contribution in [0, 0.1) is 0 Å². The molecule has 0 fully saturated rings. The van der Waals surface area contributed by atoms with E-state index in [0.29, 0.717) is 47.3 Å². The number of nitrogens with one attached hydrogen (secondary N) is 1. The molecule has 1 aromatic heterocycles. The number of hydrogen-bond acceptors (Lipinski definition) is 4. The van der Waals surface area contributed by atoms with Gasteiger partial charge in [-0.05, 0) is 42.5 Å². The third-order valence-electron chi connectivity index (χ3n) is 5.80. The summed E-state index contributed by atoms with van der Waals surface area (Å²) < 4.78 is 11.6. The Morgan fingerprint density at radius 2 is 1.77 bits per heavy atom. The van der Waals surface area contributed by atoms with Crippen molar-refractivity contribution < 1.29 is 18.7 Å². The molecular weight excluding hydrogens is 464 g/mol. The fourth-order valence-corrected chi connectivity index (χ4v) is 4.28. The van der Waals surface area contributed by atoms with Gasteiger partial charge >= 0.3 is 0 Å². The molecular formula is C28H23ClN2O4. The van der Waals surface area contributed by atoms with Gasteiger partial charge in [0, 0.05) is 36.3 Å². The van der Waals surface area contributed by atoms with Crippen LogP contribution in [0.2, 0.25) is 5.02 Å². The fraction of sp³-hybridized carbons (Fsp3) is 0.143. The molecule has 0 bridgehead atoms. The quantitative estimate of drug-likeness (QED) is 0.373. The first kappa shape index (κ1) is 22.7. The second-order valence-electron chi connectivity index (χ2n) is 8.25. The predicted octanol–water partition coefficient (Wildman–Crippen LogP) is 5.82. The van der Waals surface area contributed by atoms with Crippen LogP contribution in [0.15, 0.2) is 89.3 Å². The number of benzene rings is 3. The molecule has 0 radical (unpaired) electrons. The van der Waals surface area contributed by atoms with Gasteiger partial charge in [0.15, 0.2) is 6.61 Å². The van der Waals surface area contributed by atoms with Crippen LogP contribution in [-0.4, -0.2) is 29.9 Å². The van der Waals surface area contributed by atoms with Gasteiger partial charge in [0.2, 0.25) is 0 Å². The molecule has 3 aromatic carbocycles. The summed E-state index contributed by atoms with van der Waals surface area (Å²) in [6.45, 7) is 0.927. The Hall–Kier alpha value is -4.03. The molecule has 35 heavy (non-hydrogen) atoms. The number of rotatable bonds is 6. The van der Waals surface area contributed by atoms with Crippen molar-refractivity contribution in [1.29, 1.82) is 0 Å². The number of ether oxygens (including phenoxy) is 1. The molecule has 1 aliphatic heterocycles. The molecule has 2 heterocycles. The third-order valence-corrected chi connectivity index (χ3v) is 6.13. The predicted molar refractivity (Wildman–Crippen MR) is 135 cm³/mol. The molecule has 6 nitrogen and oxygen atoms in total. The molecule has 0 spiro atoms. The fourth-order valence-electron chi connectivity index (χ4n) is 4.07. The van der Waals surface area contributed by atoms with Gasteiger partial charge < -0.3 is 19.4 Å². The second kappa shape index (κ2) is 10.1. The first-order valence-corrected chi connectivity index (χ1v) is 11.7. The van der Waals surface area contributed by atoms with Crippen LogP contribution in [0.4, 0.5) is 5.69 Å². The summed E-state index contributed by atoms with van der Waals surface area (Å²) in [5.74, 6) is 1.86. The van der Waals surface area contributed by atoms with E-state index in [4.69, 9.17) is 20.8 Å². The van der Waals surface area contributed by atoms with E-state index in [0.717, 1.165) is 16.9 Å². The second-order valence-corrected chi connectivity index (χ2v) is 8.65. The minimum absolute atomic E-state index is 0.0847. The maximum Gasteiger partial charge on any atom is 0.262 e. The van der Waals surface area contributed by atoms with Gasteiger partial charge in [0.1, 0.15) is 17.3 Å². The lowest BCUT2D eigenvalue weighted by atomic mass is 10.1. The Labute approximate surface area is 208 Å². The molecule has 1 N–H and O–H groups in total. The number of carbonyl (C=O) groups is 2. The molecule has 1 aliphatic rings. The maximum absolute atomic E-state index is 13.0. The molecule has 4 aromatic rings. The minimum Gasteiger partial charge on any atom is -0.484 e. The van der Waals surface area contributed by atoms with Crippen LogP contribution in [0.1, 0.15) is 21.7 Å². The zero-order valence-electron chi connectivity index (χ0n) is 18.9. The van der Waals surface area contributed by atoms with E-state index in [1.807, 2.05) is 60.7 Å². The van der Waals surface area contributed by atoms with E-state index in [1.54, 1.807) is 29.2 Å². The summed E-state index contributed by atoms with van der Waals surface area (Å²) in [5, 5.41) is 3.31. The Kier molecular flexibility index (Phi) is 6.55.